The van der Waals surface area contributed by atoms with Crippen molar-refractivity contribution in [3.8, 4) is 0 Å². The highest BCUT2D eigenvalue weighted by atomic mass is 19.4. The lowest BCUT2D eigenvalue weighted by molar-refractivity contribution is -0.545. The van der Waals surface area contributed by atoms with Crippen LogP contribution < -0.4 is 0 Å². The van der Waals surface area contributed by atoms with Crippen molar-refractivity contribution >= 4 is 5.97 Å². The van der Waals surface area contributed by atoms with Gasteiger partial charge >= 0.3 is 53.7 Å². The Labute approximate surface area is 153 Å². The first kappa shape index (κ1) is 26.3. The normalized spacial score (nSPS) is 27.2. The Bertz CT molecular complexity index is 670. The summed E-state index contributed by atoms with van der Waals surface area (Å²) in [6.45, 7) is -0.979. The molecule has 0 aromatic rings. The maximum absolute atomic E-state index is 14.1. The molecule has 0 bridgehead atoms. The molecule has 0 N–H and O–H groups in total. The van der Waals surface area contributed by atoms with E-state index in [0.29, 0.717) is 6.92 Å². The molecule has 1 aliphatic heterocycles. The number of hydrogen-bond acceptors (Lipinski definition) is 3. The van der Waals surface area contributed by atoms with Gasteiger partial charge in [-0.2, -0.15) is 65.9 Å². The number of rotatable bonds is 4. The second kappa shape index (κ2) is 6.41. The molecule has 0 aliphatic carbocycles. The fourth-order valence-corrected chi connectivity index (χ4v) is 2.18. The van der Waals surface area contributed by atoms with E-state index < -0.39 is 65.2 Å². The standard InChI is InChI=1S/C11H5F16NO2/c1-2-30-3(29)4(12,8(19,20)21)9(22,23)28-10(24,25)6(15,16)5(13,14)7(17,18)11(28,26)27/h2H2,1H3. The van der Waals surface area contributed by atoms with E-state index in [1.807, 2.05) is 0 Å². The molecule has 0 aromatic heterocycles. The molecule has 178 valence electrons. The summed E-state index contributed by atoms with van der Waals surface area (Å²) < 4.78 is 217. The summed E-state index contributed by atoms with van der Waals surface area (Å²) >= 11 is 0. The second-order valence-corrected chi connectivity index (χ2v) is 5.56. The lowest BCUT2D eigenvalue weighted by Gasteiger charge is -2.54. The molecule has 0 saturated carbocycles. The van der Waals surface area contributed by atoms with Gasteiger partial charge in [0.15, 0.2) is 0 Å². The molecule has 1 unspecified atom stereocenters. The summed E-state index contributed by atoms with van der Waals surface area (Å²) in [4.78, 5) is 6.64. The summed E-state index contributed by atoms with van der Waals surface area (Å²) in [7, 11) is 0. The SMILES string of the molecule is CCOC(=O)C(F)(C(F)(F)F)C(F)(F)N1C(F)(F)C(F)(F)C(F)(F)C(F)(F)C1(F)F. The Balaban J connectivity index is 4.03. The van der Waals surface area contributed by atoms with Crippen molar-refractivity contribution in [3.05, 3.63) is 0 Å². The first-order chi connectivity index (χ1) is 12.8. The van der Waals surface area contributed by atoms with Crippen molar-refractivity contribution in [2.75, 3.05) is 6.61 Å². The second-order valence-electron chi connectivity index (χ2n) is 5.56. The third-order valence-corrected chi connectivity index (χ3v) is 3.75. The van der Waals surface area contributed by atoms with Crippen LogP contribution in [0.5, 0.6) is 0 Å². The third kappa shape index (κ3) is 2.68. The van der Waals surface area contributed by atoms with Gasteiger partial charge in [-0.1, -0.05) is 0 Å². The highest BCUT2D eigenvalue weighted by molar-refractivity contribution is 5.82. The minimum Gasteiger partial charge on any atom is -0.463 e. The van der Waals surface area contributed by atoms with Gasteiger partial charge in [-0.05, 0) is 6.92 Å². The van der Waals surface area contributed by atoms with E-state index in [4.69, 9.17) is 0 Å². The molecule has 0 amide bonds. The van der Waals surface area contributed by atoms with Crippen LogP contribution in [0.3, 0.4) is 0 Å². The van der Waals surface area contributed by atoms with Crippen LogP contribution in [0.1, 0.15) is 6.92 Å². The van der Waals surface area contributed by atoms with E-state index in [1.54, 1.807) is 0 Å². The Kier molecular flexibility index (Phi) is 5.63. The van der Waals surface area contributed by atoms with E-state index in [9.17, 15) is 75.0 Å². The van der Waals surface area contributed by atoms with Crippen LogP contribution in [0, 0.1) is 0 Å². The van der Waals surface area contributed by atoms with Crippen molar-refractivity contribution in [2.45, 2.75) is 54.7 Å². The van der Waals surface area contributed by atoms with Crippen LogP contribution in [-0.2, 0) is 9.53 Å². The molecule has 0 radical (unpaired) electrons. The zero-order chi connectivity index (χ0) is 24.6. The lowest BCUT2D eigenvalue weighted by Crippen LogP contribution is -2.87. The molecule has 1 aliphatic rings. The van der Waals surface area contributed by atoms with Gasteiger partial charge in [-0.15, -0.1) is 4.90 Å². The van der Waals surface area contributed by atoms with Crippen LogP contribution in [0.2, 0.25) is 0 Å². The largest absolute Gasteiger partial charge is 0.463 e. The first-order valence-electron chi connectivity index (χ1n) is 6.85. The van der Waals surface area contributed by atoms with Gasteiger partial charge in [0.1, 0.15) is 0 Å². The van der Waals surface area contributed by atoms with Crippen molar-refractivity contribution in [2.24, 2.45) is 0 Å². The first-order valence-corrected chi connectivity index (χ1v) is 6.85. The van der Waals surface area contributed by atoms with Gasteiger partial charge in [0.25, 0.3) is 0 Å². The third-order valence-electron chi connectivity index (χ3n) is 3.75. The monoisotopic (exact) mass is 487 g/mol. The number of hydrogen-bond donors (Lipinski definition) is 0. The summed E-state index contributed by atoms with van der Waals surface area (Å²) in [5.74, 6) is -27.7. The predicted octanol–water partition coefficient (Wildman–Crippen LogP) is 4.82. The Morgan fingerprint density at radius 1 is 0.733 bits per heavy atom. The number of piperidine rings is 1. The zero-order valence-electron chi connectivity index (χ0n) is 13.5. The quantitative estimate of drug-likeness (QED) is 0.324. The van der Waals surface area contributed by atoms with E-state index >= 15 is 0 Å². The highest BCUT2D eigenvalue weighted by Crippen LogP contribution is 2.68. The summed E-state index contributed by atoms with van der Waals surface area (Å²) in [5.41, 5.74) is -7.42. The molecular weight excluding hydrogens is 482 g/mol. The number of alkyl halides is 16. The fourth-order valence-electron chi connectivity index (χ4n) is 2.18. The van der Waals surface area contributed by atoms with E-state index in [-0.39, 0.29) is 0 Å². The van der Waals surface area contributed by atoms with E-state index in [0.717, 1.165) is 0 Å². The smallest absolute Gasteiger partial charge is 0.441 e. The Hall–Kier alpha value is -1.69. The van der Waals surface area contributed by atoms with Gasteiger partial charge in [-0.25, -0.2) is 9.18 Å². The van der Waals surface area contributed by atoms with Crippen molar-refractivity contribution in [1.29, 1.82) is 0 Å². The molecule has 0 spiro atoms. The van der Waals surface area contributed by atoms with Gasteiger partial charge < -0.3 is 4.74 Å². The maximum Gasteiger partial charge on any atom is 0.441 e. The van der Waals surface area contributed by atoms with Gasteiger partial charge in [-0.3, -0.25) is 0 Å². The topological polar surface area (TPSA) is 29.5 Å². The maximum atomic E-state index is 14.1. The Morgan fingerprint density at radius 3 is 1.33 bits per heavy atom. The van der Waals surface area contributed by atoms with E-state index in [2.05, 4.69) is 4.74 Å². The Morgan fingerprint density at radius 2 is 1.07 bits per heavy atom. The molecule has 0 aromatic carbocycles. The number of esters is 1. The minimum atomic E-state index is -8.05. The molecular formula is C11H5F16NO2. The highest BCUT2D eigenvalue weighted by Gasteiger charge is 3.00. The van der Waals surface area contributed by atoms with Crippen molar-refractivity contribution in [1.82, 2.24) is 4.90 Å². The summed E-state index contributed by atoms with van der Waals surface area (Å²) in [6.07, 6.45) is -7.54. The zero-order valence-corrected chi connectivity index (χ0v) is 13.5. The molecule has 30 heavy (non-hydrogen) atoms. The van der Waals surface area contributed by atoms with Crippen molar-refractivity contribution < 1.29 is 79.8 Å². The predicted molar refractivity (Wildman–Crippen MR) is 58.0 cm³/mol. The number of carbonyl (C=O) groups excluding carboxylic acids is 1. The molecule has 1 heterocycles. The van der Waals surface area contributed by atoms with Crippen LogP contribution in [-0.4, -0.2) is 65.2 Å². The molecule has 1 fully saturated rings. The van der Waals surface area contributed by atoms with Crippen LogP contribution in [0.15, 0.2) is 0 Å². The summed E-state index contributed by atoms with van der Waals surface area (Å²) in [6, 6.07) is -24.0. The number of ether oxygens (including phenoxy) is 1. The number of nitrogens with zero attached hydrogens (tertiary/aromatic N) is 1. The molecule has 1 atom stereocenters. The molecule has 19 heteroatoms. The lowest BCUT2D eigenvalue weighted by atomic mass is 9.90. The average molecular weight is 487 g/mol. The molecule has 1 rings (SSSR count). The van der Waals surface area contributed by atoms with Crippen LogP contribution >= 0.6 is 0 Å². The number of halogens is 16. The van der Waals surface area contributed by atoms with Crippen LogP contribution in [0.4, 0.5) is 70.2 Å². The summed E-state index contributed by atoms with van der Waals surface area (Å²) in [5, 5.41) is 0. The molecule has 3 nitrogen and oxygen atoms in total. The minimum absolute atomic E-state index is 0.486. The molecule has 1 saturated heterocycles. The van der Waals surface area contributed by atoms with Crippen LogP contribution in [0.25, 0.3) is 0 Å². The van der Waals surface area contributed by atoms with Gasteiger partial charge in [0, 0.05) is 0 Å². The van der Waals surface area contributed by atoms with Gasteiger partial charge in [0.2, 0.25) is 0 Å². The average Bonchev–Trinajstić information content (AvgIpc) is 2.50. The number of likely N-dealkylation sites (tertiary alicyclic amines) is 1. The van der Waals surface area contributed by atoms with E-state index in [1.165, 1.54) is 0 Å². The number of carbonyl (C=O) groups is 1. The fraction of sp³-hybridized carbons (Fsp3) is 0.909. The van der Waals surface area contributed by atoms with Gasteiger partial charge in [0.05, 0.1) is 6.61 Å². The van der Waals surface area contributed by atoms with Crippen molar-refractivity contribution in [3.63, 3.8) is 0 Å².